The van der Waals surface area contributed by atoms with Crippen LogP contribution in [-0.2, 0) is 32.6 Å². The number of rotatable bonds is 12. The van der Waals surface area contributed by atoms with Gasteiger partial charge in [-0.3, -0.25) is 13.9 Å². The highest BCUT2D eigenvalue weighted by Crippen LogP contribution is 2.35. The van der Waals surface area contributed by atoms with Crippen molar-refractivity contribution in [3.63, 3.8) is 0 Å². The minimum atomic E-state index is -4.28. The van der Waals surface area contributed by atoms with Gasteiger partial charge in [-0.2, -0.15) is 0 Å². The van der Waals surface area contributed by atoms with Gasteiger partial charge in [0.1, 0.15) is 12.6 Å². The molecule has 0 bridgehead atoms. The van der Waals surface area contributed by atoms with Gasteiger partial charge >= 0.3 is 0 Å². The number of carbonyl (C=O) groups excluding carboxylic acids is 2. The number of hydrogen-bond donors (Lipinski definition) is 1. The SMILES string of the molecule is CCNC(=O)[C@@H](Cc1ccccc1)N(Cc1cccc(Br)c1)C(=O)CN(c1cccc(Cl)c1Cl)S(=O)(=O)c1ccccc1. The predicted molar refractivity (Wildman–Crippen MR) is 175 cm³/mol. The Morgan fingerprint density at radius 1 is 0.860 bits per heavy atom. The van der Waals surface area contributed by atoms with Gasteiger partial charge in [0, 0.05) is 24.0 Å². The monoisotopic (exact) mass is 701 g/mol. The highest BCUT2D eigenvalue weighted by molar-refractivity contribution is 9.10. The van der Waals surface area contributed by atoms with Crippen molar-refractivity contribution in [3.8, 4) is 0 Å². The molecule has 0 aromatic heterocycles. The summed E-state index contributed by atoms with van der Waals surface area (Å²) in [6, 6.07) is 28.2. The number of hydrogen-bond acceptors (Lipinski definition) is 4. The number of nitrogens with one attached hydrogen (secondary N) is 1. The maximum atomic E-state index is 14.4. The molecule has 4 aromatic carbocycles. The molecule has 0 aliphatic carbocycles. The Hall–Kier alpha value is -3.37. The van der Waals surface area contributed by atoms with Crippen molar-refractivity contribution in [2.75, 3.05) is 17.4 Å². The quantitative estimate of drug-likeness (QED) is 0.178. The third-order valence-electron chi connectivity index (χ3n) is 6.67. The van der Waals surface area contributed by atoms with E-state index in [0.29, 0.717) is 6.54 Å². The summed E-state index contributed by atoms with van der Waals surface area (Å²) in [7, 11) is -4.28. The van der Waals surface area contributed by atoms with E-state index in [1.165, 1.54) is 29.2 Å². The van der Waals surface area contributed by atoms with Crippen LogP contribution < -0.4 is 9.62 Å². The zero-order chi connectivity index (χ0) is 31.0. The Balaban J connectivity index is 1.82. The van der Waals surface area contributed by atoms with Crippen LogP contribution in [0.5, 0.6) is 0 Å². The molecule has 7 nitrogen and oxygen atoms in total. The molecule has 0 spiro atoms. The summed E-state index contributed by atoms with van der Waals surface area (Å²) in [4.78, 5) is 29.3. The lowest BCUT2D eigenvalue weighted by molar-refractivity contribution is -0.140. The lowest BCUT2D eigenvalue weighted by atomic mass is 10.0. The van der Waals surface area contributed by atoms with E-state index in [9.17, 15) is 18.0 Å². The highest BCUT2D eigenvalue weighted by atomic mass is 79.9. The zero-order valence-electron chi connectivity index (χ0n) is 23.3. The van der Waals surface area contributed by atoms with Crippen molar-refractivity contribution in [3.05, 3.63) is 129 Å². The van der Waals surface area contributed by atoms with Crippen molar-refractivity contribution >= 4 is 66.7 Å². The van der Waals surface area contributed by atoms with Gasteiger partial charge in [-0.15, -0.1) is 0 Å². The van der Waals surface area contributed by atoms with Crippen molar-refractivity contribution in [2.24, 2.45) is 0 Å². The summed E-state index contributed by atoms with van der Waals surface area (Å²) < 4.78 is 29.8. The molecule has 0 radical (unpaired) electrons. The number of sulfonamides is 1. The Kier molecular flexibility index (Phi) is 11.3. The second kappa shape index (κ2) is 14.9. The average molecular weight is 703 g/mol. The van der Waals surface area contributed by atoms with E-state index in [1.54, 1.807) is 31.2 Å². The van der Waals surface area contributed by atoms with Crippen molar-refractivity contribution in [1.82, 2.24) is 10.2 Å². The molecule has 4 aromatic rings. The van der Waals surface area contributed by atoms with Crippen LogP contribution in [0.4, 0.5) is 5.69 Å². The van der Waals surface area contributed by atoms with E-state index in [-0.39, 0.29) is 39.5 Å². The fourth-order valence-corrected chi connectivity index (χ4v) is 6.94. The first kappa shape index (κ1) is 32.5. The molecule has 43 heavy (non-hydrogen) atoms. The molecule has 1 N–H and O–H groups in total. The molecule has 0 aliphatic rings. The molecule has 0 unspecified atom stereocenters. The van der Waals surface area contributed by atoms with E-state index in [0.717, 1.165) is 19.9 Å². The average Bonchev–Trinajstić information content (AvgIpc) is 3.00. The number of anilines is 1. The van der Waals surface area contributed by atoms with E-state index < -0.39 is 28.5 Å². The largest absolute Gasteiger partial charge is 0.355 e. The first-order valence-corrected chi connectivity index (χ1v) is 16.5. The van der Waals surface area contributed by atoms with Crippen LogP contribution in [0.1, 0.15) is 18.1 Å². The molecule has 0 saturated heterocycles. The minimum absolute atomic E-state index is 0.0143. The van der Waals surface area contributed by atoms with Gasteiger partial charge in [-0.1, -0.05) is 106 Å². The van der Waals surface area contributed by atoms with Crippen LogP contribution in [0.15, 0.2) is 112 Å². The van der Waals surface area contributed by atoms with Crippen LogP contribution in [0.25, 0.3) is 0 Å². The number of likely N-dealkylation sites (N-methyl/N-ethyl adjacent to an activating group) is 1. The van der Waals surface area contributed by atoms with E-state index >= 15 is 0 Å². The molecule has 0 aliphatic heterocycles. The first-order chi connectivity index (χ1) is 20.6. The molecule has 2 amide bonds. The fourth-order valence-electron chi connectivity index (χ4n) is 4.60. The van der Waals surface area contributed by atoms with Crippen molar-refractivity contribution in [1.29, 1.82) is 0 Å². The molecule has 0 fully saturated rings. The Labute approximate surface area is 270 Å². The topological polar surface area (TPSA) is 86.8 Å². The van der Waals surface area contributed by atoms with Gasteiger partial charge < -0.3 is 10.2 Å². The maximum absolute atomic E-state index is 14.4. The summed E-state index contributed by atoms with van der Waals surface area (Å²) in [5.41, 5.74) is 1.65. The molecule has 4 rings (SSSR count). The fraction of sp³-hybridized carbons (Fsp3) is 0.188. The lowest BCUT2D eigenvalue weighted by Crippen LogP contribution is -2.53. The zero-order valence-corrected chi connectivity index (χ0v) is 27.2. The Morgan fingerprint density at radius 2 is 1.49 bits per heavy atom. The van der Waals surface area contributed by atoms with Gasteiger partial charge in [-0.25, -0.2) is 8.42 Å². The van der Waals surface area contributed by atoms with Gasteiger partial charge in [0.15, 0.2) is 0 Å². The number of amides is 2. The normalized spacial score (nSPS) is 11.9. The summed E-state index contributed by atoms with van der Waals surface area (Å²) in [5.74, 6) is -0.948. The van der Waals surface area contributed by atoms with Crippen LogP contribution in [0.3, 0.4) is 0 Å². The predicted octanol–water partition coefficient (Wildman–Crippen LogP) is 6.73. The van der Waals surface area contributed by atoms with Crippen molar-refractivity contribution < 1.29 is 18.0 Å². The minimum Gasteiger partial charge on any atom is -0.355 e. The number of benzene rings is 4. The Morgan fingerprint density at radius 3 is 2.14 bits per heavy atom. The Bertz CT molecular complexity index is 1670. The van der Waals surface area contributed by atoms with Gasteiger partial charge in [0.25, 0.3) is 10.0 Å². The summed E-state index contributed by atoms with van der Waals surface area (Å²) >= 11 is 16.3. The molecular formula is C32H30BrCl2N3O4S. The standard InChI is InChI=1S/C32H30BrCl2N3O4S/c1-2-36-32(40)29(20-23-11-5-3-6-12-23)37(21-24-13-9-14-25(33)19-24)30(39)22-38(28-18-10-17-27(34)31(28)35)43(41,42)26-15-7-4-8-16-26/h3-19,29H,2,20-22H2,1H3,(H,36,40)/t29-/m1/s1. The maximum Gasteiger partial charge on any atom is 0.264 e. The van der Waals surface area contributed by atoms with Gasteiger partial charge in [0.05, 0.1) is 20.6 Å². The molecule has 1 atom stereocenters. The van der Waals surface area contributed by atoms with E-state index in [4.69, 9.17) is 23.2 Å². The van der Waals surface area contributed by atoms with E-state index in [2.05, 4.69) is 21.2 Å². The summed E-state index contributed by atoms with van der Waals surface area (Å²) in [5, 5.41) is 2.96. The third-order valence-corrected chi connectivity index (χ3v) is 9.75. The molecule has 0 heterocycles. The number of carbonyl (C=O) groups is 2. The summed E-state index contributed by atoms with van der Waals surface area (Å²) in [6.07, 6.45) is 0.218. The van der Waals surface area contributed by atoms with Gasteiger partial charge in [0.2, 0.25) is 11.8 Å². The highest BCUT2D eigenvalue weighted by Gasteiger charge is 2.35. The van der Waals surface area contributed by atoms with Crippen LogP contribution in [0.2, 0.25) is 10.0 Å². The van der Waals surface area contributed by atoms with Crippen molar-refractivity contribution in [2.45, 2.75) is 30.8 Å². The molecular weight excluding hydrogens is 673 g/mol. The van der Waals surface area contributed by atoms with Gasteiger partial charge in [-0.05, 0) is 54.4 Å². The van der Waals surface area contributed by atoms with E-state index in [1.807, 2.05) is 54.6 Å². The van der Waals surface area contributed by atoms with Crippen LogP contribution in [0, 0.1) is 0 Å². The number of nitrogens with zero attached hydrogens (tertiary/aromatic N) is 2. The summed E-state index contributed by atoms with van der Waals surface area (Å²) in [6.45, 7) is 1.58. The molecule has 0 saturated carbocycles. The molecule has 224 valence electrons. The van der Waals surface area contributed by atoms with Crippen LogP contribution in [-0.4, -0.2) is 44.3 Å². The molecule has 11 heteroatoms. The second-order valence-corrected chi connectivity index (χ2v) is 13.2. The third kappa shape index (κ3) is 8.17. The smallest absolute Gasteiger partial charge is 0.264 e. The van der Waals surface area contributed by atoms with Crippen LogP contribution >= 0.6 is 39.1 Å². The first-order valence-electron chi connectivity index (χ1n) is 13.5. The second-order valence-electron chi connectivity index (χ2n) is 9.65. The lowest BCUT2D eigenvalue weighted by Gasteiger charge is -2.34. The number of halogens is 3.